The molecule has 2 nitrogen and oxygen atoms in total. The molecule has 0 heterocycles. The molecule has 0 bridgehead atoms. The van der Waals surface area contributed by atoms with E-state index in [0.29, 0.717) is 23.6 Å². The third-order valence-electron chi connectivity index (χ3n) is 2.46. The summed E-state index contributed by atoms with van der Waals surface area (Å²) in [4.78, 5) is 0. The molecule has 1 aromatic carbocycles. The molecular weight excluding hydrogens is 222 g/mol. The van der Waals surface area contributed by atoms with Gasteiger partial charge in [-0.05, 0) is 37.6 Å². The summed E-state index contributed by atoms with van der Waals surface area (Å²) < 4.78 is 5.61. The van der Waals surface area contributed by atoms with Crippen molar-refractivity contribution in [3.8, 4) is 5.75 Å². The summed E-state index contributed by atoms with van der Waals surface area (Å²) in [6, 6.07) is 6.24. The van der Waals surface area contributed by atoms with E-state index < -0.39 is 0 Å². The molecule has 0 aliphatic carbocycles. The normalized spacial score (nSPS) is 12.9. The summed E-state index contributed by atoms with van der Waals surface area (Å²) in [6.07, 6.45) is 0. The minimum atomic E-state index is 0.302. The third-order valence-corrected chi connectivity index (χ3v) is 2.76. The van der Waals surface area contributed by atoms with Gasteiger partial charge >= 0.3 is 0 Å². The molecule has 0 aliphatic rings. The Hall–Kier alpha value is -0.730. The molecule has 0 saturated heterocycles. The van der Waals surface area contributed by atoms with Gasteiger partial charge in [-0.3, -0.25) is 0 Å². The minimum Gasteiger partial charge on any atom is -0.492 e. The van der Waals surface area contributed by atoms with Crippen LogP contribution in [-0.2, 0) is 0 Å². The third kappa shape index (κ3) is 3.69. The van der Waals surface area contributed by atoms with E-state index in [4.69, 9.17) is 16.3 Å². The molecule has 0 aromatic heterocycles. The van der Waals surface area contributed by atoms with Crippen LogP contribution in [0.2, 0.25) is 5.02 Å². The van der Waals surface area contributed by atoms with E-state index in [2.05, 4.69) is 26.1 Å². The first-order chi connectivity index (χ1) is 7.54. The second-order valence-corrected chi connectivity index (χ2v) is 4.81. The second-order valence-electron chi connectivity index (χ2n) is 4.41. The Morgan fingerprint density at radius 1 is 1.31 bits per heavy atom. The summed E-state index contributed by atoms with van der Waals surface area (Å²) in [5.74, 6) is 1.27. The number of rotatable bonds is 5. The Balaban J connectivity index is 2.75. The summed E-state index contributed by atoms with van der Waals surface area (Å²) in [5.41, 5.74) is 1.17. The van der Waals surface area contributed by atoms with E-state index in [-0.39, 0.29) is 0 Å². The van der Waals surface area contributed by atoms with Crippen molar-refractivity contribution in [3.63, 3.8) is 0 Å². The van der Waals surface area contributed by atoms with Crippen LogP contribution >= 0.6 is 11.6 Å². The zero-order valence-electron chi connectivity index (χ0n) is 10.4. The van der Waals surface area contributed by atoms with Gasteiger partial charge in [0.2, 0.25) is 0 Å². The molecular formula is C13H20ClNO. The van der Waals surface area contributed by atoms with E-state index in [1.54, 1.807) is 0 Å². The van der Waals surface area contributed by atoms with Crippen molar-refractivity contribution in [2.75, 3.05) is 13.7 Å². The van der Waals surface area contributed by atoms with Crippen molar-refractivity contribution in [2.24, 2.45) is 5.92 Å². The first kappa shape index (κ1) is 13.3. The standard InChI is InChI=1S/C13H20ClNO/c1-9(2)8-16-13-6-5-11(7-12(13)14)10(3)15-4/h5-7,9-10,15H,8H2,1-4H3. The van der Waals surface area contributed by atoms with Gasteiger partial charge in [0.25, 0.3) is 0 Å². The molecule has 0 fully saturated rings. The molecule has 0 radical (unpaired) electrons. The van der Waals surface area contributed by atoms with Gasteiger partial charge in [0.05, 0.1) is 11.6 Å². The van der Waals surface area contributed by atoms with Gasteiger partial charge in [-0.25, -0.2) is 0 Å². The fraction of sp³-hybridized carbons (Fsp3) is 0.538. The van der Waals surface area contributed by atoms with Gasteiger partial charge in [0, 0.05) is 6.04 Å². The van der Waals surface area contributed by atoms with Gasteiger partial charge in [-0.15, -0.1) is 0 Å². The van der Waals surface area contributed by atoms with Gasteiger partial charge in [0.1, 0.15) is 5.75 Å². The quantitative estimate of drug-likeness (QED) is 0.850. The monoisotopic (exact) mass is 241 g/mol. The number of halogens is 1. The number of benzene rings is 1. The van der Waals surface area contributed by atoms with Gasteiger partial charge in [-0.1, -0.05) is 31.5 Å². The van der Waals surface area contributed by atoms with E-state index >= 15 is 0 Å². The summed E-state index contributed by atoms with van der Waals surface area (Å²) in [6.45, 7) is 7.03. The lowest BCUT2D eigenvalue weighted by Crippen LogP contribution is -2.12. The Morgan fingerprint density at radius 2 is 2.00 bits per heavy atom. The van der Waals surface area contributed by atoms with Crippen LogP contribution in [0, 0.1) is 5.92 Å². The highest BCUT2D eigenvalue weighted by Crippen LogP contribution is 2.28. The molecule has 16 heavy (non-hydrogen) atoms. The average molecular weight is 242 g/mol. The van der Waals surface area contributed by atoms with Crippen LogP contribution in [0.4, 0.5) is 0 Å². The smallest absolute Gasteiger partial charge is 0.137 e. The molecule has 90 valence electrons. The number of hydrogen-bond donors (Lipinski definition) is 1. The Kier molecular flexibility index (Phi) is 5.10. The van der Waals surface area contributed by atoms with Crippen molar-refractivity contribution in [2.45, 2.75) is 26.8 Å². The number of nitrogens with one attached hydrogen (secondary N) is 1. The lowest BCUT2D eigenvalue weighted by atomic mass is 10.1. The largest absolute Gasteiger partial charge is 0.492 e. The maximum Gasteiger partial charge on any atom is 0.137 e. The van der Waals surface area contributed by atoms with Crippen LogP contribution in [0.5, 0.6) is 5.75 Å². The minimum absolute atomic E-state index is 0.302. The van der Waals surface area contributed by atoms with Crippen LogP contribution < -0.4 is 10.1 Å². The first-order valence-electron chi connectivity index (χ1n) is 5.64. The van der Waals surface area contributed by atoms with Gasteiger partial charge in [-0.2, -0.15) is 0 Å². The molecule has 0 aliphatic heterocycles. The Morgan fingerprint density at radius 3 is 2.50 bits per heavy atom. The predicted molar refractivity (Wildman–Crippen MR) is 69.3 cm³/mol. The van der Waals surface area contributed by atoms with Crippen LogP contribution in [0.1, 0.15) is 32.4 Å². The number of ether oxygens (including phenoxy) is 1. The lowest BCUT2D eigenvalue weighted by Gasteiger charge is -2.14. The van der Waals surface area contributed by atoms with E-state index in [9.17, 15) is 0 Å². The van der Waals surface area contributed by atoms with Crippen molar-refractivity contribution < 1.29 is 4.74 Å². The van der Waals surface area contributed by atoms with Crippen molar-refractivity contribution in [1.29, 1.82) is 0 Å². The molecule has 1 rings (SSSR count). The second kappa shape index (κ2) is 6.12. The SMILES string of the molecule is CNC(C)c1ccc(OCC(C)C)c(Cl)c1. The van der Waals surface area contributed by atoms with E-state index in [0.717, 1.165) is 5.75 Å². The summed E-state index contributed by atoms with van der Waals surface area (Å²) in [7, 11) is 1.93. The van der Waals surface area contributed by atoms with Gasteiger partial charge in [0.15, 0.2) is 0 Å². The lowest BCUT2D eigenvalue weighted by molar-refractivity contribution is 0.271. The molecule has 3 heteroatoms. The van der Waals surface area contributed by atoms with E-state index in [1.807, 2.05) is 25.2 Å². The molecule has 0 spiro atoms. The highest BCUT2D eigenvalue weighted by molar-refractivity contribution is 6.32. The zero-order chi connectivity index (χ0) is 12.1. The summed E-state index contributed by atoms with van der Waals surface area (Å²) >= 11 is 6.16. The maximum atomic E-state index is 6.16. The van der Waals surface area contributed by atoms with Crippen molar-refractivity contribution in [1.82, 2.24) is 5.32 Å². The predicted octanol–water partition coefficient (Wildman–Crippen LogP) is 3.66. The van der Waals surface area contributed by atoms with E-state index in [1.165, 1.54) is 5.56 Å². The average Bonchev–Trinajstić information content (AvgIpc) is 2.26. The molecule has 1 atom stereocenters. The maximum absolute atomic E-state index is 6.16. The van der Waals surface area contributed by atoms with Crippen LogP contribution in [-0.4, -0.2) is 13.7 Å². The highest BCUT2D eigenvalue weighted by Gasteiger charge is 2.07. The Labute approximate surface area is 103 Å². The number of hydrogen-bond acceptors (Lipinski definition) is 2. The molecule has 1 unspecified atom stereocenters. The van der Waals surface area contributed by atoms with Crippen LogP contribution in [0.3, 0.4) is 0 Å². The van der Waals surface area contributed by atoms with Crippen molar-refractivity contribution >= 4 is 11.6 Å². The summed E-state index contributed by atoms with van der Waals surface area (Å²) in [5, 5.41) is 3.86. The topological polar surface area (TPSA) is 21.3 Å². The molecule has 0 amide bonds. The van der Waals surface area contributed by atoms with Gasteiger partial charge < -0.3 is 10.1 Å². The zero-order valence-corrected chi connectivity index (χ0v) is 11.1. The molecule has 1 N–H and O–H groups in total. The van der Waals surface area contributed by atoms with Crippen molar-refractivity contribution in [3.05, 3.63) is 28.8 Å². The first-order valence-corrected chi connectivity index (χ1v) is 6.02. The Bertz CT molecular complexity index is 339. The van der Waals surface area contributed by atoms with Crippen LogP contribution in [0.15, 0.2) is 18.2 Å². The molecule has 0 saturated carbocycles. The fourth-order valence-electron chi connectivity index (χ4n) is 1.33. The highest BCUT2D eigenvalue weighted by atomic mass is 35.5. The van der Waals surface area contributed by atoms with Crippen LogP contribution in [0.25, 0.3) is 0 Å². The molecule has 1 aromatic rings. The fourth-order valence-corrected chi connectivity index (χ4v) is 1.57.